The minimum absolute atomic E-state index is 0.166. The van der Waals surface area contributed by atoms with Crippen molar-refractivity contribution in [3.8, 4) is 0 Å². The third kappa shape index (κ3) is 5.17. The second kappa shape index (κ2) is 8.22. The van der Waals surface area contributed by atoms with E-state index in [1.807, 2.05) is 24.3 Å². The normalized spacial score (nSPS) is 11.7. The first-order valence-corrected chi connectivity index (χ1v) is 8.80. The van der Waals surface area contributed by atoms with Crippen molar-refractivity contribution in [1.82, 2.24) is 4.98 Å². The molecular formula is C19H13F3N2O3S. The number of carbonyl (C=O) groups excluding carboxylic acids is 2. The van der Waals surface area contributed by atoms with E-state index >= 15 is 0 Å². The zero-order valence-electron chi connectivity index (χ0n) is 14.2. The predicted octanol–water partition coefficient (Wildman–Crippen LogP) is 4.51. The maximum Gasteiger partial charge on any atom is 0.416 e. The molecule has 3 aromatic rings. The van der Waals surface area contributed by atoms with Crippen molar-refractivity contribution in [2.75, 3.05) is 11.9 Å². The molecule has 1 N–H and O–H groups in total. The molecule has 0 aliphatic carbocycles. The van der Waals surface area contributed by atoms with Crippen LogP contribution < -0.4 is 5.32 Å². The largest absolute Gasteiger partial charge is 0.452 e. The quantitative estimate of drug-likeness (QED) is 0.500. The van der Waals surface area contributed by atoms with Crippen LogP contribution in [-0.4, -0.2) is 23.5 Å². The summed E-state index contributed by atoms with van der Waals surface area (Å²) in [6.45, 7) is -0.565. The van der Waals surface area contributed by atoms with Crippen LogP contribution >= 0.6 is 11.3 Å². The molecule has 0 saturated heterocycles. The maximum atomic E-state index is 12.5. The number of ether oxygens (including phenoxy) is 1. The maximum absolute atomic E-state index is 12.5. The number of amides is 1. The van der Waals surface area contributed by atoms with Crippen molar-refractivity contribution in [2.24, 2.45) is 0 Å². The molecule has 2 aromatic carbocycles. The smallest absolute Gasteiger partial charge is 0.416 e. The van der Waals surface area contributed by atoms with Gasteiger partial charge in [0.15, 0.2) is 6.61 Å². The summed E-state index contributed by atoms with van der Waals surface area (Å²) in [5, 5.41) is 2.97. The van der Waals surface area contributed by atoms with Crippen LogP contribution in [0.15, 0.2) is 54.6 Å². The summed E-state index contributed by atoms with van der Waals surface area (Å²) in [4.78, 5) is 27.8. The molecule has 1 heterocycles. The number of carbonyl (C=O) groups is 2. The van der Waals surface area contributed by atoms with Gasteiger partial charge in [-0.1, -0.05) is 12.1 Å². The van der Waals surface area contributed by atoms with Gasteiger partial charge in [-0.25, -0.2) is 9.78 Å². The van der Waals surface area contributed by atoms with Crippen molar-refractivity contribution in [3.05, 3.63) is 65.2 Å². The Hall–Kier alpha value is -3.20. The van der Waals surface area contributed by atoms with E-state index in [9.17, 15) is 22.8 Å². The molecule has 0 unspecified atom stereocenters. The lowest BCUT2D eigenvalue weighted by Gasteiger charge is -2.08. The van der Waals surface area contributed by atoms with Gasteiger partial charge in [0.05, 0.1) is 15.8 Å². The summed E-state index contributed by atoms with van der Waals surface area (Å²) < 4.78 is 43.3. The number of benzene rings is 2. The number of para-hydroxylation sites is 1. The van der Waals surface area contributed by atoms with Crippen molar-refractivity contribution in [3.63, 3.8) is 0 Å². The number of esters is 1. The molecule has 9 heteroatoms. The molecule has 3 rings (SSSR count). The molecule has 0 fully saturated rings. The molecule has 0 bridgehead atoms. The highest BCUT2D eigenvalue weighted by atomic mass is 32.1. The number of thiazole rings is 1. The molecule has 1 amide bonds. The van der Waals surface area contributed by atoms with E-state index in [4.69, 9.17) is 4.74 Å². The van der Waals surface area contributed by atoms with Crippen molar-refractivity contribution in [1.29, 1.82) is 0 Å². The summed E-state index contributed by atoms with van der Waals surface area (Å²) >= 11 is 1.40. The predicted molar refractivity (Wildman–Crippen MR) is 99.7 cm³/mol. The first-order valence-electron chi connectivity index (χ1n) is 7.99. The number of hydrogen-bond acceptors (Lipinski definition) is 5. The van der Waals surface area contributed by atoms with Gasteiger partial charge in [0.2, 0.25) is 0 Å². The fraction of sp³-hybridized carbons (Fsp3) is 0.105. The average molecular weight is 406 g/mol. The Bertz CT molecular complexity index is 994. The number of fused-ring (bicyclic) bond motifs is 1. The number of anilines is 1. The molecule has 0 saturated carbocycles. The molecule has 0 spiro atoms. The Kier molecular flexibility index (Phi) is 5.74. The van der Waals surface area contributed by atoms with Crippen LogP contribution in [-0.2, 0) is 20.5 Å². The van der Waals surface area contributed by atoms with E-state index in [1.54, 1.807) is 0 Å². The zero-order chi connectivity index (χ0) is 20.1. The Labute approximate surface area is 161 Å². The first kappa shape index (κ1) is 19.6. The highest BCUT2D eigenvalue weighted by Crippen LogP contribution is 2.29. The van der Waals surface area contributed by atoms with Crippen LogP contribution in [0.3, 0.4) is 0 Å². The first-order chi connectivity index (χ1) is 13.3. The van der Waals surface area contributed by atoms with E-state index < -0.39 is 30.2 Å². The fourth-order valence-corrected chi connectivity index (χ4v) is 3.10. The lowest BCUT2D eigenvalue weighted by molar-refractivity contribution is -0.142. The van der Waals surface area contributed by atoms with Gasteiger partial charge in [-0.3, -0.25) is 4.79 Å². The van der Waals surface area contributed by atoms with E-state index in [1.165, 1.54) is 17.4 Å². The van der Waals surface area contributed by atoms with Gasteiger partial charge in [-0.15, -0.1) is 11.3 Å². The Morgan fingerprint density at radius 3 is 2.50 bits per heavy atom. The molecule has 0 atom stereocenters. The van der Waals surface area contributed by atoms with Gasteiger partial charge in [0.25, 0.3) is 5.91 Å². The second-order valence-electron chi connectivity index (χ2n) is 5.58. The highest BCUT2D eigenvalue weighted by molar-refractivity contribution is 7.19. The molecule has 144 valence electrons. The third-order valence-corrected chi connectivity index (χ3v) is 4.52. The second-order valence-corrected chi connectivity index (χ2v) is 6.65. The Morgan fingerprint density at radius 2 is 1.82 bits per heavy atom. The SMILES string of the molecule is O=C(COC(=O)/C=C/c1nc2ccccc2s1)Nc1ccc(C(F)(F)F)cc1. The lowest BCUT2D eigenvalue weighted by Crippen LogP contribution is -2.20. The van der Waals surface area contributed by atoms with Crippen molar-refractivity contribution < 1.29 is 27.5 Å². The summed E-state index contributed by atoms with van der Waals surface area (Å²) in [6, 6.07) is 11.5. The Morgan fingerprint density at radius 1 is 1.11 bits per heavy atom. The molecule has 5 nitrogen and oxygen atoms in total. The molecule has 1 aromatic heterocycles. The fourth-order valence-electron chi connectivity index (χ4n) is 2.23. The average Bonchev–Trinajstić information content (AvgIpc) is 3.07. The van der Waals surface area contributed by atoms with Crippen molar-refractivity contribution in [2.45, 2.75) is 6.18 Å². The molecule has 0 radical (unpaired) electrons. The summed E-state index contributed by atoms with van der Waals surface area (Å²) in [5.41, 5.74) is 0.160. The van der Waals surface area contributed by atoms with E-state index in [-0.39, 0.29) is 5.69 Å². The topological polar surface area (TPSA) is 68.3 Å². The van der Waals surface area contributed by atoms with Gasteiger partial charge in [-0.2, -0.15) is 13.2 Å². The number of alkyl halides is 3. The van der Waals surface area contributed by atoms with Crippen LogP contribution in [0.25, 0.3) is 16.3 Å². The molecule has 0 aliphatic heterocycles. The molecular weight excluding hydrogens is 393 g/mol. The van der Waals surface area contributed by atoms with E-state index in [2.05, 4.69) is 10.3 Å². The number of nitrogens with zero attached hydrogens (tertiary/aromatic N) is 1. The molecule has 28 heavy (non-hydrogen) atoms. The zero-order valence-corrected chi connectivity index (χ0v) is 15.0. The van der Waals surface area contributed by atoms with Crippen LogP contribution in [0, 0.1) is 0 Å². The summed E-state index contributed by atoms with van der Waals surface area (Å²) in [7, 11) is 0. The molecule has 0 aliphatic rings. The van der Waals surface area contributed by atoms with Crippen LogP contribution in [0.4, 0.5) is 18.9 Å². The number of hydrogen-bond donors (Lipinski definition) is 1. The number of rotatable bonds is 5. The standard InChI is InChI=1S/C19H13F3N2O3S/c20-19(21,22)12-5-7-13(8-6-12)23-16(25)11-27-18(26)10-9-17-24-14-3-1-2-4-15(14)28-17/h1-10H,11H2,(H,23,25)/b10-9+. The third-order valence-electron chi connectivity index (χ3n) is 3.51. The minimum Gasteiger partial charge on any atom is -0.452 e. The summed E-state index contributed by atoms with van der Waals surface area (Å²) in [5.74, 6) is -1.40. The van der Waals surface area contributed by atoms with Crippen molar-refractivity contribution >= 4 is 45.2 Å². The number of aromatic nitrogens is 1. The minimum atomic E-state index is -4.45. The van der Waals surface area contributed by atoms with Gasteiger partial charge in [-0.05, 0) is 42.5 Å². The lowest BCUT2D eigenvalue weighted by atomic mass is 10.2. The summed E-state index contributed by atoms with van der Waals surface area (Å²) in [6.07, 6.45) is -1.81. The van der Waals surface area contributed by atoms with Gasteiger partial charge in [0.1, 0.15) is 5.01 Å². The van der Waals surface area contributed by atoms with Crippen LogP contribution in [0.2, 0.25) is 0 Å². The monoisotopic (exact) mass is 406 g/mol. The van der Waals surface area contributed by atoms with Crippen LogP contribution in [0.1, 0.15) is 10.6 Å². The van der Waals surface area contributed by atoms with Crippen LogP contribution in [0.5, 0.6) is 0 Å². The number of halogens is 3. The van der Waals surface area contributed by atoms with E-state index in [0.29, 0.717) is 5.01 Å². The van der Waals surface area contributed by atoms with Gasteiger partial charge in [0, 0.05) is 11.8 Å². The van der Waals surface area contributed by atoms with E-state index in [0.717, 1.165) is 40.6 Å². The highest BCUT2D eigenvalue weighted by Gasteiger charge is 2.29. The van der Waals surface area contributed by atoms with Gasteiger partial charge < -0.3 is 10.1 Å². The Balaban J connectivity index is 1.49. The van der Waals surface area contributed by atoms with Gasteiger partial charge >= 0.3 is 12.1 Å². The number of nitrogens with one attached hydrogen (secondary N) is 1.